The number of hydrogen-bond acceptors (Lipinski definition) is 4. The minimum absolute atomic E-state index is 0. The number of ether oxygens (including phenoxy) is 1. The van der Waals surface area contributed by atoms with Gasteiger partial charge in [-0.1, -0.05) is 30.3 Å². The zero-order chi connectivity index (χ0) is 15.5. The van der Waals surface area contributed by atoms with Gasteiger partial charge in [0.1, 0.15) is 17.4 Å². The molecule has 0 atom stereocenters. The van der Waals surface area contributed by atoms with Crippen LogP contribution in [0.2, 0.25) is 0 Å². The minimum Gasteiger partial charge on any atom is -0.496 e. The Bertz CT molecular complexity index is 703. The van der Waals surface area contributed by atoms with E-state index < -0.39 is 0 Å². The second-order valence-corrected chi connectivity index (χ2v) is 5.23. The van der Waals surface area contributed by atoms with Crippen LogP contribution in [-0.4, -0.2) is 31.0 Å². The number of hydrazine groups is 1. The molecule has 0 radical (unpaired) electrons. The molecule has 0 bridgehead atoms. The van der Waals surface area contributed by atoms with E-state index in [1.54, 1.807) is 18.2 Å². The first-order chi connectivity index (χ1) is 10.7. The smallest absolute Gasteiger partial charge is 0.145 e. The molecular formula is C17H19ClFN3O. The van der Waals surface area contributed by atoms with E-state index >= 15 is 0 Å². The molecule has 0 saturated heterocycles. The SMILES string of the molecule is COc1cc(F)ccc1Cc1ccc(C2=NCCN2N)cc1.Cl. The third-order valence-corrected chi connectivity index (χ3v) is 3.73. The summed E-state index contributed by atoms with van der Waals surface area (Å²) in [5, 5.41) is 1.66. The van der Waals surface area contributed by atoms with Gasteiger partial charge < -0.3 is 4.74 Å². The van der Waals surface area contributed by atoms with Gasteiger partial charge >= 0.3 is 0 Å². The number of nitrogens with two attached hydrogens (primary N) is 1. The van der Waals surface area contributed by atoms with Crippen molar-refractivity contribution in [2.24, 2.45) is 10.8 Å². The van der Waals surface area contributed by atoms with E-state index in [0.717, 1.165) is 35.6 Å². The highest BCUT2D eigenvalue weighted by atomic mass is 35.5. The van der Waals surface area contributed by atoms with Crippen LogP contribution in [0.3, 0.4) is 0 Å². The number of rotatable bonds is 4. The summed E-state index contributed by atoms with van der Waals surface area (Å²) >= 11 is 0. The number of benzene rings is 2. The first-order valence-electron chi connectivity index (χ1n) is 7.16. The maximum Gasteiger partial charge on any atom is 0.145 e. The largest absolute Gasteiger partial charge is 0.496 e. The number of halogens is 2. The lowest BCUT2D eigenvalue weighted by Gasteiger charge is -2.14. The van der Waals surface area contributed by atoms with Crippen molar-refractivity contribution in [3.63, 3.8) is 0 Å². The van der Waals surface area contributed by atoms with Crippen LogP contribution in [0.1, 0.15) is 16.7 Å². The molecule has 122 valence electrons. The van der Waals surface area contributed by atoms with Gasteiger partial charge in [0.05, 0.1) is 20.2 Å². The van der Waals surface area contributed by atoms with Crippen molar-refractivity contribution >= 4 is 18.2 Å². The van der Waals surface area contributed by atoms with Crippen molar-refractivity contribution in [1.82, 2.24) is 5.01 Å². The first kappa shape index (κ1) is 17.2. The van der Waals surface area contributed by atoms with Crippen LogP contribution in [0.25, 0.3) is 0 Å². The maximum atomic E-state index is 13.2. The van der Waals surface area contributed by atoms with E-state index in [1.807, 2.05) is 24.3 Å². The Labute approximate surface area is 141 Å². The Morgan fingerprint density at radius 1 is 1.22 bits per heavy atom. The van der Waals surface area contributed by atoms with Crippen molar-refractivity contribution in [1.29, 1.82) is 0 Å². The van der Waals surface area contributed by atoms with Crippen molar-refractivity contribution < 1.29 is 9.13 Å². The predicted octanol–water partition coefficient (Wildman–Crippen LogP) is 2.78. The average Bonchev–Trinajstić information content (AvgIpc) is 2.96. The molecule has 4 nitrogen and oxygen atoms in total. The molecule has 6 heteroatoms. The van der Waals surface area contributed by atoms with Crippen molar-refractivity contribution in [3.8, 4) is 5.75 Å². The number of hydrogen-bond donors (Lipinski definition) is 1. The number of aliphatic imine (C=N–C) groups is 1. The van der Waals surface area contributed by atoms with E-state index in [4.69, 9.17) is 10.6 Å². The van der Waals surface area contributed by atoms with Crippen LogP contribution >= 0.6 is 12.4 Å². The summed E-state index contributed by atoms with van der Waals surface area (Å²) in [5.41, 5.74) is 3.08. The molecule has 3 rings (SSSR count). The Balaban J connectivity index is 0.00000192. The third-order valence-electron chi connectivity index (χ3n) is 3.73. The van der Waals surface area contributed by atoms with Gasteiger partial charge in [0.15, 0.2) is 0 Å². The topological polar surface area (TPSA) is 50.8 Å². The van der Waals surface area contributed by atoms with Crippen LogP contribution in [-0.2, 0) is 6.42 Å². The third kappa shape index (κ3) is 3.81. The molecule has 23 heavy (non-hydrogen) atoms. The zero-order valence-electron chi connectivity index (χ0n) is 12.8. The lowest BCUT2D eigenvalue weighted by atomic mass is 10.0. The highest BCUT2D eigenvalue weighted by Gasteiger charge is 2.15. The van der Waals surface area contributed by atoms with Crippen molar-refractivity contribution in [3.05, 3.63) is 65.0 Å². The van der Waals surface area contributed by atoms with Gasteiger partial charge in [0, 0.05) is 18.1 Å². The maximum absolute atomic E-state index is 13.2. The van der Waals surface area contributed by atoms with Crippen molar-refractivity contribution in [2.75, 3.05) is 20.2 Å². The molecule has 0 unspecified atom stereocenters. The summed E-state index contributed by atoms with van der Waals surface area (Å²) in [7, 11) is 1.55. The summed E-state index contributed by atoms with van der Waals surface area (Å²) in [6.07, 6.45) is 0.683. The number of amidine groups is 1. The molecule has 1 aliphatic heterocycles. The lowest BCUT2D eigenvalue weighted by molar-refractivity contribution is 0.407. The molecule has 1 aliphatic rings. The zero-order valence-corrected chi connectivity index (χ0v) is 13.6. The number of methoxy groups -OCH3 is 1. The monoisotopic (exact) mass is 335 g/mol. The van der Waals surface area contributed by atoms with Crippen LogP contribution in [0.4, 0.5) is 4.39 Å². The summed E-state index contributed by atoms with van der Waals surface area (Å²) < 4.78 is 18.5. The van der Waals surface area contributed by atoms with Crippen molar-refractivity contribution in [2.45, 2.75) is 6.42 Å². The molecule has 2 aromatic rings. The fourth-order valence-corrected chi connectivity index (χ4v) is 2.57. The molecule has 0 aromatic heterocycles. The van der Waals surface area contributed by atoms with E-state index in [0.29, 0.717) is 12.2 Å². The molecule has 0 aliphatic carbocycles. The molecule has 2 N–H and O–H groups in total. The van der Waals surface area contributed by atoms with E-state index in [1.165, 1.54) is 12.1 Å². The van der Waals surface area contributed by atoms with E-state index in [-0.39, 0.29) is 18.2 Å². The molecule has 0 fully saturated rings. The quantitative estimate of drug-likeness (QED) is 0.874. The molecule has 0 amide bonds. The molecule has 1 heterocycles. The molecular weight excluding hydrogens is 317 g/mol. The fourth-order valence-electron chi connectivity index (χ4n) is 2.57. The van der Waals surface area contributed by atoms with Gasteiger partial charge in [-0.05, 0) is 17.2 Å². The standard InChI is InChI=1S/C17H18FN3O.ClH/c1-22-16-11-15(18)7-6-14(16)10-12-2-4-13(5-3-12)17-20-8-9-21(17)19;/h2-7,11H,8-10,19H2,1H3;1H. The van der Waals surface area contributed by atoms with Gasteiger partial charge in [-0.15, -0.1) is 12.4 Å². The second kappa shape index (κ2) is 7.44. The Hall–Kier alpha value is -2.11. The first-order valence-corrected chi connectivity index (χ1v) is 7.16. The molecule has 0 saturated carbocycles. The summed E-state index contributed by atoms with van der Waals surface area (Å²) in [6, 6.07) is 12.7. The van der Waals surface area contributed by atoms with Crippen LogP contribution in [0, 0.1) is 5.82 Å². The summed E-state index contributed by atoms with van der Waals surface area (Å²) in [4.78, 5) is 4.39. The summed E-state index contributed by atoms with van der Waals surface area (Å²) in [5.74, 6) is 6.97. The predicted molar refractivity (Wildman–Crippen MR) is 91.7 cm³/mol. The number of nitrogens with zero attached hydrogens (tertiary/aromatic N) is 2. The van der Waals surface area contributed by atoms with Gasteiger partial charge in [0.25, 0.3) is 0 Å². The van der Waals surface area contributed by atoms with Gasteiger partial charge in [-0.25, -0.2) is 10.2 Å². The normalized spacial score (nSPS) is 13.5. The average molecular weight is 336 g/mol. The summed E-state index contributed by atoms with van der Waals surface area (Å²) in [6.45, 7) is 1.49. The Kier molecular flexibility index (Phi) is 5.58. The van der Waals surface area contributed by atoms with E-state index in [2.05, 4.69) is 4.99 Å². The van der Waals surface area contributed by atoms with Gasteiger partial charge in [-0.2, -0.15) is 0 Å². The van der Waals surface area contributed by atoms with Crippen LogP contribution in [0.15, 0.2) is 47.5 Å². The lowest BCUT2D eigenvalue weighted by Crippen LogP contribution is -2.34. The van der Waals surface area contributed by atoms with Gasteiger partial charge in [-0.3, -0.25) is 10.0 Å². The minimum atomic E-state index is -0.293. The highest BCUT2D eigenvalue weighted by Crippen LogP contribution is 2.23. The molecule has 0 spiro atoms. The second-order valence-electron chi connectivity index (χ2n) is 5.23. The van der Waals surface area contributed by atoms with Crippen LogP contribution < -0.4 is 10.6 Å². The van der Waals surface area contributed by atoms with Crippen LogP contribution in [0.5, 0.6) is 5.75 Å². The van der Waals surface area contributed by atoms with Gasteiger partial charge in [0.2, 0.25) is 0 Å². The fraction of sp³-hybridized carbons (Fsp3) is 0.235. The van der Waals surface area contributed by atoms with E-state index in [9.17, 15) is 4.39 Å². The highest BCUT2D eigenvalue weighted by molar-refractivity contribution is 5.99. The Morgan fingerprint density at radius 2 is 1.96 bits per heavy atom. The molecule has 2 aromatic carbocycles. The Morgan fingerprint density at radius 3 is 2.57 bits per heavy atom.